The molecule has 1 aromatic carbocycles. The predicted octanol–water partition coefficient (Wildman–Crippen LogP) is 0.714. The van der Waals surface area contributed by atoms with Crippen molar-refractivity contribution >= 4 is 17.3 Å². The van der Waals surface area contributed by atoms with E-state index >= 15 is 0 Å². The molecule has 1 heterocycles. The molecule has 5 N–H and O–H groups in total. The first-order valence-corrected chi connectivity index (χ1v) is 6.22. The van der Waals surface area contributed by atoms with Crippen LogP contribution in [-0.4, -0.2) is 30.2 Å². The molecule has 1 aliphatic heterocycles. The number of rotatable bonds is 3. The second-order valence-corrected chi connectivity index (χ2v) is 4.99. The van der Waals surface area contributed by atoms with Crippen LogP contribution in [0, 0.1) is 11.7 Å². The van der Waals surface area contributed by atoms with Gasteiger partial charge in [-0.2, -0.15) is 0 Å². The Morgan fingerprint density at radius 2 is 2.26 bits per heavy atom. The van der Waals surface area contributed by atoms with E-state index in [0.29, 0.717) is 18.8 Å². The van der Waals surface area contributed by atoms with Crippen molar-refractivity contribution in [1.29, 1.82) is 0 Å². The summed E-state index contributed by atoms with van der Waals surface area (Å²) in [5.74, 6) is -1.05. The van der Waals surface area contributed by atoms with Gasteiger partial charge in [-0.25, -0.2) is 4.39 Å². The highest BCUT2D eigenvalue weighted by Gasteiger charge is 2.28. The van der Waals surface area contributed by atoms with Crippen LogP contribution in [0.15, 0.2) is 12.1 Å². The maximum absolute atomic E-state index is 13.9. The monoisotopic (exact) mass is 267 g/mol. The van der Waals surface area contributed by atoms with Crippen LogP contribution in [0.25, 0.3) is 0 Å². The van der Waals surface area contributed by atoms with Crippen molar-refractivity contribution in [3.63, 3.8) is 0 Å². The Hall–Kier alpha value is -1.82. The van der Waals surface area contributed by atoms with E-state index < -0.39 is 17.8 Å². The Morgan fingerprint density at radius 1 is 1.58 bits per heavy atom. The fourth-order valence-electron chi connectivity index (χ4n) is 2.43. The fourth-order valence-corrected chi connectivity index (χ4v) is 2.43. The quantitative estimate of drug-likeness (QED) is 0.703. The second kappa shape index (κ2) is 5.05. The number of aliphatic hydroxyl groups excluding tert-OH is 1. The summed E-state index contributed by atoms with van der Waals surface area (Å²) in [6, 6.07) is 2.50. The van der Waals surface area contributed by atoms with Crippen LogP contribution in [0.3, 0.4) is 0 Å². The summed E-state index contributed by atoms with van der Waals surface area (Å²) in [4.78, 5) is 13.0. The molecular formula is C13H18FN3O2. The molecule has 2 atom stereocenters. The first-order valence-electron chi connectivity index (χ1n) is 6.22. The molecule has 1 aromatic rings. The standard InChI is InChI=1S/C13H18FN3O2/c1-7(18)8-2-3-17(6-8)12-4-9(13(16)19)11(15)5-10(12)14/h4-5,7-8,18H,2-3,6,15H2,1H3,(H2,16,19). The number of carbonyl (C=O) groups excluding carboxylic acids is 1. The van der Waals surface area contributed by atoms with E-state index in [-0.39, 0.29) is 17.2 Å². The second-order valence-electron chi connectivity index (χ2n) is 4.99. The lowest BCUT2D eigenvalue weighted by Gasteiger charge is -2.21. The van der Waals surface area contributed by atoms with E-state index in [1.54, 1.807) is 11.8 Å². The van der Waals surface area contributed by atoms with Gasteiger partial charge in [0.25, 0.3) is 5.91 Å². The zero-order valence-corrected chi connectivity index (χ0v) is 10.8. The molecule has 2 unspecified atom stereocenters. The maximum atomic E-state index is 13.9. The number of nitrogens with zero attached hydrogens (tertiary/aromatic N) is 1. The molecular weight excluding hydrogens is 249 g/mol. The Labute approximate surface area is 111 Å². The van der Waals surface area contributed by atoms with Crippen LogP contribution < -0.4 is 16.4 Å². The highest BCUT2D eigenvalue weighted by Crippen LogP contribution is 2.30. The van der Waals surface area contributed by atoms with Gasteiger partial charge in [0.05, 0.1) is 17.4 Å². The summed E-state index contributed by atoms with van der Waals surface area (Å²) in [7, 11) is 0. The minimum atomic E-state index is -0.676. The van der Waals surface area contributed by atoms with Crippen LogP contribution in [0.2, 0.25) is 0 Å². The van der Waals surface area contributed by atoms with Crippen LogP contribution >= 0.6 is 0 Å². The van der Waals surface area contributed by atoms with Gasteiger partial charge >= 0.3 is 0 Å². The molecule has 19 heavy (non-hydrogen) atoms. The molecule has 1 aliphatic rings. The van der Waals surface area contributed by atoms with Crippen LogP contribution in [-0.2, 0) is 0 Å². The highest BCUT2D eigenvalue weighted by molar-refractivity contribution is 5.99. The van der Waals surface area contributed by atoms with Crippen molar-refractivity contribution in [1.82, 2.24) is 0 Å². The third kappa shape index (κ3) is 2.63. The first kappa shape index (κ1) is 13.6. The van der Waals surface area contributed by atoms with E-state index in [1.165, 1.54) is 6.07 Å². The summed E-state index contributed by atoms with van der Waals surface area (Å²) >= 11 is 0. The fraction of sp³-hybridized carbons (Fsp3) is 0.462. The first-order chi connectivity index (χ1) is 8.90. The molecule has 1 amide bonds. The molecule has 2 rings (SSSR count). The number of aliphatic hydroxyl groups is 1. The lowest BCUT2D eigenvalue weighted by Crippen LogP contribution is -2.25. The molecule has 0 aromatic heterocycles. The number of nitrogen functional groups attached to an aromatic ring is 1. The van der Waals surface area contributed by atoms with E-state index in [1.807, 2.05) is 0 Å². The summed E-state index contributed by atoms with van der Waals surface area (Å²) in [5.41, 5.74) is 11.2. The van der Waals surface area contributed by atoms with Crippen LogP contribution in [0.5, 0.6) is 0 Å². The van der Waals surface area contributed by atoms with Crippen molar-refractivity contribution < 1.29 is 14.3 Å². The number of carbonyl (C=O) groups is 1. The van der Waals surface area contributed by atoms with Gasteiger partial charge in [-0.05, 0) is 25.5 Å². The van der Waals surface area contributed by atoms with Crippen molar-refractivity contribution in [2.45, 2.75) is 19.4 Å². The zero-order chi connectivity index (χ0) is 14.2. The predicted molar refractivity (Wildman–Crippen MR) is 71.3 cm³/mol. The van der Waals surface area contributed by atoms with E-state index in [9.17, 15) is 14.3 Å². The minimum Gasteiger partial charge on any atom is -0.398 e. The van der Waals surface area contributed by atoms with Crippen LogP contribution in [0.1, 0.15) is 23.7 Å². The molecule has 1 fully saturated rings. The van der Waals surface area contributed by atoms with Gasteiger partial charge in [0, 0.05) is 24.7 Å². The van der Waals surface area contributed by atoms with E-state index in [2.05, 4.69) is 0 Å². The number of anilines is 2. The Bertz CT molecular complexity index is 505. The number of primary amides is 1. The average Bonchev–Trinajstić information content (AvgIpc) is 2.77. The average molecular weight is 267 g/mol. The third-order valence-corrected chi connectivity index (χ3v) is 3.63. The number of hydrogen-bond donors (Lipinski definition) is 3. The van der Waals surface area contributed by atoms with E-state index in [4.69, 9.17) is 11.5 Å². The largest absolute Gasteiger partial charge is 0.398 e. The minimum absolute atomic E-state index is 0.0417. The molecule has 0 radical (unpaired) electrons. The summed E-state index contributed by atoms with van der Waals surface area (Å²) in [6.45, 7) is 2.91. The lowest BCUT2D eigenvalue weighted by atomic mass is 10.0. The number of nitrogens with two attached hydrogens (primary N) is 2. The molecule has 104 valence electrons. The van der Waals surface area contributed by atoms with Gasteiger partial charge in [-0.1, -0.05) is 0 Å². The summed E-state index contributed by atoms with van der Waals surface area (Å²) < 4.78 is 13.9. The number of benzene rings is 1. The normalized spacial score (nSPS) is 20.6. The van der Waals surface area contributed by atoms with Crippen LogP contribution in [0.4, 0.5) is 15.8 Å². The van der Waals surface area contributed by atoms with Crippen molar-refractivity contribution in [3.8, 4) is 0 Å². The molecule has 5 nitrogen and oxygen atoms in total. The molecule has 1 saturated heterocycles. The summed E-state index contributed by atoms with van der Waals surface area (Å²) in [6.07, 6.45) is 0.352. The van der Waals surface area contributed by atoms with Crippen molar-refractivity contribution in [3.05, 3.63) is 23.5 Å². The van der Waals surface area contributed by atoms with Gasteiger partial charge in [-0.3, -0.25) is 4.79 Å². The highest BCUT2D eigenvalue weighted by atomic mass is 19.1. The number of halogens is 1. The van der Waals surface area contributed by atoms with Crippen molar-refractivity contribution in [2.24, 2.45) is 11.7 Å². The Kier molecular flexibility index (Phi) is 3.61. The smallest absolute Gasteiger partial charge is 0.250 e. The third-order valence-electron chi connectivity index (χ3n) is 3.63. The van der Waals surface area contributed by atoms with Gasteiger partial charge in [0.15, 0.2) is 0 Å². The van der Waals surface area contributed by atoms with Crippen molar-refractivity contribution in [2.75, 3.05) is 23.7 Å². The van der Waals surface area contributed by atoms with Gasteiger partial charge in [0.2, 0.25) is 0 Å². The topological polar surface area (TPSA) is 92.6 Å². The number of amides is 1. The number of hydrogen-bond acceptors (Lipinski definition) is 4. The van der Waals surface area contributed by atoms with Gasteiger partial charge in [0.1, 0.15) is 5.82 Å². The molecule has 0 spiro atoms. The van der Waals surface area contributed by atoms with Gasteiger partial charge in [-0.15, -0.1) is 0 Å². The lowest BCUT2D eigenvalue weighted by molar-refractivity contribution is 0.100. The molecule has 0 aliphatic carbocycles. The SMILES string of the molecule is CC(O)C1CCN(c2cc(C(N)=O)c(N)cc2F)C1. The van der Waals surface area contributed by atoms with E-state index in [0.717, 1.165) is 12.5 Å². The Balaban J connectivity index is 2.30. The zero-order valence-electron chi connectivity index (χ0n) is 10.8. The Morgan fingerprint density at radius 3 is 2.79 bits per heavy atom. The molecule has 0 bridgehead atoms. The summed E-state index contributed by atoms with van der Waals surface area (Å²) in [5, 5.41) is 9.56. The molecule has 6 heteroatoms. The van der Waals surface area contributed by atoms with Gasteiger partial charge < -0.3 is 21.5 Å². The maximum Gasteiger partial charge on any atom is 0.250 e. The molecule has 0 saturated carbocycles.